The van der Waals surface area contributed by atoms with Crippen LogP contribution in [-0.4, -0.2) is 44.9 Å². The molecule has 1 saturated heterocycles. The molecular weight excluding hydrogens is 352 g/mol. The summed E-state index contributed by atoms with van der Waals surface area (Å²) in [5, 5.41) is 3.00. The van der Waals surface area contributed by atoms with E-state index in [9.17, 15) is 13.2 Å². The Balaban J connectivity index is 1.95. The van der Waals surface area contributed by atoms with Gasteiger partial charge in [-0.25, -0.2) is 8.42 Å². The summed E-state index contributed by atoms with van der Waals surface area (Å²) < 4.78 is 33.6. The highest BCUT2D eigenvalue weighted by Crippen LogP contribution is 2.35. The number of nitrogens with one attached hydrogen (secondary N) is 1. The van der Waals surface area contributed by atoms with Gasteiger partial charge in [-0.2, -0.15) is 4.31 Å². The van der Waals surface area contributed by atoms with E-state index in [4.69, 9.17) is 4.74 Å². The molecule has 6 nitrogen and oxygen atoms in total. The first kappa shape index (κ1) is 19.2. The number of sulfonamides is 1. The summed E-state index contributed by atoms with van der Waals surface area (Å²) >= 11 is 0. The number of benzene rings is 1. The molecule has 0 aromatic heterocycles. The molecule has 2 unspecified atom stereocenters. The zero-order chi connectivity index (χ0) is 18.6. The summed E-state index contributed by atoms with van der Waals surface area (Å²) in [6.45, 7) is 1.15. The largest absolute Gasteiger partial charge is 0.497 e. The number of nitrogens with zero attached hydrogens (tertiary/aromatic N) is 1. The van der Waals surface area contributed by atoms with Crippen molar-refractivity contribution in [2.75, 3.05) is 20.2 Å². The van der Waals surface area contributed by atoms with Crippen molar-refractivity contribution >= 4 is 15.9 Å². The monoisotopic (exact) mass is 380 g/mol. The Morgan fingerprint density at radius 2 is 1.92 bits per heavy atom. The lowest BCUT2D eigenvalue weighted by molar-refractivity contribution is -0.125. The second-order valence-electron chi connectivity index (χ2n) is 7.10. The minimum Gasteiger partial charge on any atom is -0.497 e. The minimum absolute atomic E-state index is 0.000224. The number of rotatable bonds is 3. The number of carbonyl (C=O) groups is 1. The molecule has 1 aromatic carbocycles. The standard InChI is InChI=1S/C19H28N2O4S/c1-25-15-8-6-9-16(14-15)26(23,24)21-13-5-3-2-4-12-20-19(22)17-10-7-11-18(17)21/h6,8-9,14,17-18H,2-5,7,10-13H2,1H3,(H,20,22). The SMILES string of the molecule is COc1cccc(S(=O)(=O)N2CCCCCCNC(=O)C3CCCC32)c1. The molecule has 0 radical (unpaired) electrons. The molecule has 1 saturated carbocycles. The van der Waals surface area contributed by atoms with Crippen molar-refractivity contribution < 1.29 is 17.9 Å². The Hall–Kier alpha value is -1.60. The van der Waals surface area contributed by atoms with Gasteiger partial charge in [-0.05, 0) is 37.8 Å². The van der Waals surface area contributed by atoms with Crippen LogP contribution >= 0.6 is 0 Å². The van der Waals surface area contributed by atoms with E-state index in [2.05, 4.69) is 5.32 Å². The van der Waals surface area contributed by atoms with Gasteiger partial charge in [0.1, 0.15) is 5.75 Å². The van der Waals surface area contributed by atoms with Crippen LogP contribution in [0.1, 0.15) is 44.9 Å². The molecule has 2 fully saturated rings. The fourth-order valence-electron chi connectivity index (χ4n) is 4.04. The van der Waals surface area contributed by atoms with E-state index in [1.54, 1.807) is 28.6 Å². The molecule has 144 valence electrons. The molecule has 26 heavy (non-hydrogen) atoms. The molecule has 1 heterocycles. The molecule has 3 rings (SSSR count). The molecule has 1 aliphatic heterocycles. The quantitative estimate of drug-likeness (QED) is 0.874. The molecular formula is C19H28N2O4S. The third-order valence-corrected chi connectivity index (χ3v) is 7.36. The summed E-state index contributed by atoms with van der Waals surface area (Å²) in [7, 11) is -2.15. The average Bonchev–Trinajstić information content (AvgIpc) is 3.11. The van der Waals surface area contributed by atoms with Crippen LogP contribution in [0, 0.1) is 5.92 Å². The van der Waals surface area contributed by atoms with Gasteiger partial charge in [0, 0.05) is 25.2 Å². The molecule has 2 atom stereocenters. The number of hydrogen-bond acceptors (Lipinski definition) is 4. The van der Waals surface area contributed by atoms with E-state index < -0.39 is 10.0 Å². The van der Waals surface area contributed by atoms with Crippen molar-refractivity contribution in [1.82, 2.24) is 9.62 Å². The lowest BCUT2D eigenvalue weighted by Gasteiger charge is -2.31. The number of hydrogen-bond donors (Lipinski definition) is 1. The highest BCUT2D eigenvalue weighted by Gasteiger charge is 2.42. The van der Waals surface area contributed by atoms with Gasteiger partial charge in [-0.3, -0.25) is 4.79 Å². The number of fused-ring (bicyclic) bond motifs is 1. The molecule has 1 aliphatic carbocycles. The van der Waals surface area contributed by atoms with Gasteiger partial charge in [0.2, 0.25) is 15.9 Å². The fraction of sp³-hybridized carbons (Fsp3) is 0.632. The van der Waals surface area contributed by atoms with Gasteiger partial charge in [-0.1, -0.05) is 25.3 Å². The van der Waals surface area contributed by atoms with E-state index in [1.165, 1.54) is 7.11 Å². The maximum atomic E-state index is 13.4. The van der Waals surface area contributed by atoms with E-state index in [-0.39, 0.29) is 22.8 Å². The molecule has 1 N–H and O–H groups in total. The van der Waals surface area contributed by atoms with Gasteiger partial charge in [0.05, 0.1) is 17.9 Å². The van der Waals surface area contributed by atoms with E-state index in [0.717, 1.165) is 44.9 Å². The Morgan fingerprint density at radius 3 is 2.73 bits per heavy atom. The average molecular weight is 381 g/mol. The zero-order valence-electron chi connectivity index (χ0n) is 15.3. The van der Waals surface area contributed by atoms with E-state index in [0.29, 0.717) is 18.8 Å². The lowest BCUT2D eigenvalue weighted by Crippen LogP contribution is -2.47. The van der Waals surface area contributed by atoms with Crippen LogP contribution < -0.4 is 10.1 Å². The Bertz CT molecular complexity index is 735. The topological polar surface area (TPSA) is 75.7 Å². The molecule has 7 heteroatoms. The molecule has 1 aromatic rings. The number of methoxy groups -OCH3 is 1. The Kier molecular flexibility index (Phi) is 6.19. The van der Waals surface area contributed by atoms with Crippen molar-refractivity contribution in [1.29, 1.82) is 0 Å². The highest BCUT2D eigenvalue weighted by molar-refractivity contribution is 7.89. The van der Waals surface area contributed by atoms with Crippen molar-refractivity contribution in [3.8, 4) is 5.75 Å². The summed E-state index contributed by atoms with van der Waals surface area (Å²) in [6, 6.07) is 6.33. The second-order valence-corrected chi connectivity index (χ2v) is 9.00. The fourth-order valence-corrected chi connectivity index (χ4v) is 5.81. The van der Waals surface area contributed by atoms with Crippen LogP contribution in [0.25, 0.3) is 0 Å². The maximum absolute atomic E-state index is 13.4. The van der Waals surface area contributed by atoms with Crippen LogP contribution in [-0.2, 0) is 14.8 Å². The van der Waals surface area contributed by atoms with Crippen molar-refractivity contribution in [3.05, 3.63) is 24.3 Å². The summed E-state index contributed by atoms with van der Waals surface area (Å²) in [5.41, 5.74) is 0. The minimum atomic E-state index is -3.68. The molecule has 2 aliphatic rings. The van der Waals surface area contributed by atoms with Crippen LogP contribution in [0.15, 0.2) is 29.2 Å². The maximum Gasteiger partial charge on any atom is 0.243 e. The van der Waals surface area contributed by atoms with E-state index in [1.807, 2.05) is 0 Å². The summed E-state index contributed by atoms with van der Waals surface area (Å²) in [6.07, 6.45) is 6.11. The summed E-state index contributed by atoms with van der Waals surface area (Å²) in [5.74, 6) is 0.262. The predicted molar refractivity (Wildman–Crippen MR) is 99.5 cm³/mol. The first-order valence-electron chi connectivity index (χ1n) is 9.47. The number of carbonyl (C=O) groups excluding carboxylic acids is 1. The van der Waals surface area contributed by atoms with Gasteiger partial charge in [0.15, 0.2) is 0 Å². The first-order valence-corrected chi connectivity index (χ1v) is 10.9. The smallest absolute Gasteiger partial charge is 0.243 e. The zero-order valence-corrected chi connectivity index (χ0v) is 16.1. The normalized spacial score (nSPS) is 25.8. The molecule has 1 amide bonds. The molecule has 0 spiro atoms. The predicted octanol–water partition coefficient (Wildman–Crippen LogP) is 2.54. The Morgan fingerprint density at radius 1 is 1.12 bits per heavy atom. The number of amides is 1. The van der Waals surface area contributed by atoms with Crippen molar-refractivity contribution in [2.45, 2.75) is 55.9 Å². The third kappa shape index (κ3) is 4.04. The van der Waals surface area contributed by atoms with E-state index >= 15 is 0 Å². The summed E-state index contributed by atoms with van der Waals surface area (Å²) in [4.78, 5) is 12.8. The third-order valence-electron chi connectivity index (χ3n) is 5.44. The van der Waals surface area contributed by atoms with Crippen LogP contribution in [0.2, 0.25) is 0 Å². The second kappa shape index (κ2) is 8.39. The number of ether oxygens (including phenoxy) is 1. The Labute approximate surface area is 156 Å². The van der Waals surface area contributed by atoms with Crippen LogP contribution in [0.4, 0.5) is 0 Å². The lowest BCUT2D eigenvalue weighted by atomic mass is 10.0. The van der Waals surface area contributed by atoms with Crippen LogP contribution in [0.5, 0.6) is 5.75 Å². The van der Waals surface area contributed by atoms with Crippen molar-refractivity contribution in [3.63, 3.8) is 0 Å². The van der Waals surface area contributed by atoms with Crippen molar-refractivity contribution in [2.24, 2.45) is 5.92 Å². The molecule has 0 bridgehead atoms. The van der Waals surface area contributed by atoms with Gasteiger partial charge in [0.25, 0.3) is 0 Å². The van der Waals surface area contributed by atoms with Crippen LogP contribution in [0.3, 0.4) is 0 Å². The first-order chi connectivity index (χ1) is 12.5. The van der Waals surface area contributed by atoms with Gasteiger partial charge < -0.3 is 10.1 Å². The van der Waals surface area contributed by atoms with Gasteiger partial charge in [-0.15, -0.1) is 0 Å². The highest BCUT2D eigenvalue weighted by atomic mass is 32.2. The van der Waals surface area contributed by atoms with Gasteiger partial charge >= 0.3 is 0 Å².